The molecule has 7 heteroatoms. The maximum Gasteiger partial charge on any atom is 0.322 e. The lowest BCUT2D eigenvalue weighted by atomic mass is 10.0. The Labute approximate surface area is 121 Å². The molecule has 0 amide bonds. The summed E-state index contributed by atoms with van der Waals surface area (Å²) in [5, 5.41) is 6.27. The average molecular weight is 282 g/mol. The van der Waals surface area contributed by atoms with Gasteiger partial charge in [0.2, 0.25) is 11.9 Å². The highest BCUT2D eigenvalue weighted by Gasteiger charge is 2.15. The number of anilines is 2. The quantitative estimate of drug-likeness (QED) is 0.744. The van der Waals surface area contributed by atoms with Crippen LogP contribution in [0.5, 0.6) is 6.01 Å². The largest absolute Gasteiger partial charge is 0.467 e. The Morgan fingerprint density at radius 2 is 1.80 bits per heavy atom. The van der Waals surface area contributed by atoms with Gasteiger partial charge >= 0.3 is 6.01 Å². The normalized spacial score (nSPS) is 12.6. The molecule has 0 spiro atoms. The topological polar surface area (TPSA) is 75.2 Å². The second-order valence-corrected chi connectivity index (χ2v) is 5.45. The van der Waals surface area contributed by atoms with E-state index in [1.165, 1.54) is 0 Å². The third-order valence-corrected chi connectivity index (χ3v) is 2.70. The van der Waals surface area contributed by atoms with E-state index in [2.05, 4.69) is 58.4 Å². The van der Waals surface area contributed by atoms with Gasteiger partial charge in [-0.3, -0.25) is 0 Å². The van der Waals surface area contributed by atoms with E-state index in [0.29, 0.717) is 23.8 Å². The molecule has 0 radical (unpaired) electrons. The molecule has 0 saturated heterocycles. The van der Waals surface area contributed by atoms with Crippen LogP contribution in [0.4, 0.5) is 11.9 Å². The van der Waals surface area contributed by atoms with Crippen molar-refractivity contribution >= 4 is 11.9 Å². The van der Waals surface area contributed by atoms with Crippen molar-refractivity contribution in [1.29, 1.82) is 0 Å². The van der Waals surface area contributed by atoms with Crippen molar-refractivity contribution in [2.45, 2.75) is 26.3 Å². The minimum atomic E-state index is 0.279. The zero-order chi connectivity index (χ0) is 15.1. The summed E-state index contributed by atoms with van der Waals surface area (Å²) >= 11 is 0. The lowest BCUT2D eigenvalue weighted by Crippen LogP contribution is -2.34. The van der Waals surface area contributed by atoms with Crippen molar-refractivity contribution in [3.8, 4) is 6.01 Å². The molecule has 1 atom stereocenters. The Hall–Kier alpha value is -1.63. The first-order valence-electron chi connectivity index (χ1n) is 6.83. The number of hydrogen-bond donors (Lipinski definition) is 2. The van der Waals surface area contributed by atoms with Crippen LogP contribution in [-0.4, -0.2) is 60.7 Å². The van der Waals surface area contributed by atoms with Crippen LogP contribution >= 0.6 is 0 Å². The Kier molecular flexibility index (Phi) is 6.44. The molecule has 0 aliphatic carbocycles. The fourth-order valence-electron chi connectivity index (χ4n) is 2.00. The molecule has 0 aromatic carbocycles. The van der Waals surface area contributed by atoms with Crippen LogP contribution in [-0.2, 0) is 0 Å². The van der Waals surface area contributed by atoms with E-state index in [-0.39, 0.29) is 6.04 Å². The van der Waals surface area contributed by atoms with Crippen LogP contribution in [0.15, 0.2) is 0 Å². The molecule has 2 N–H and O–H groups in total. The number of nitrogens with zero attached hydrogens (tertiary/aromatic N) is 4. The molecule has 0 fully saturated rings. The molecular formula is C13H26N6O. The maximum atomic E-state index is 5.09. The van der Waals surface area contributed by atoms with Gasteiger partial charge in [-0.05, 0) is 26.4 Å². The zero-order valence-corrected chi connectivity index (χ0v) is 13.3. The van der Waals surface area contributed by atoms with Gasteiger partial charge in [-0.25, -0.2) is 0 Å². The number of aromatic nitrogens is 3. The zero-order valence-electron chi connectivity index (χ0n) is 13.3. The molecule has 0 bridgehead atoms. The van der Waals surface area contributed by atoms with Crippen LogP contribution in [0, 0.1) is 5.92 Å². The van der Waals surface area contributed by atoms with E-state index in [1.54, 1.807) is 14.2 Å². The highest BCUT2D eigenvalue weighted by atomic mass is 16.5. The number of methoxy groups -OCH3 is 1. The van der Waals surface area contributed by atoms with Crippen LogP contribution < -0.4 is 15.4 Å². The molecule has 0 aliphatic heterocycles. The molecule has 0 aliphatic rings. The molecule has 7 nitrogen and oxygen atoms in total. The number of rotatable bonds is 8. The number of nitrogens with one attached hydrogen (secondary N) is 2. The van der Waals surface area contributed by atoms with Crippen LogP contribution in [0.25, 0.3) is 0 Å². The summed E-state index contributed by atoms with van der Waals surface area (Å²) < 4.78 is 5.09. The summed E-state index contributed by atoms with van der Waals surface area (Å²) in [7, 11) is 7.43. The highest BCUT2D eigenvalue weighted by Crippen LogP contribution is 2.14. The summed E-state index contributed by atoms with van der Waals surface area (Å²) in [5.74, 6) is 1.63. The van der Waals surface area contributed by atoms with Crippen molar-refractivity contribution in [3.63, 3.8) is 0 Å². The smallest absolute Gasteiger partial charge is 0.322 e. The second-order valence-electron chi connectivity index (χ2n) is 5.45. The van der Waals surface area contributed by atoms with E-state index in [9.17, 15) is 0 Å². The van der Waals surface area contributed by atoms with Gasteiger partial charge in [-0.1, -0.05) is 13.8 Å². The third-order valence-electron chi connectivity index (χ3n) is 2.70. The van der Waals surface area contributed by atoms with Crippen LogP contribution in [0.3, 0.4) is 0 Å². The van der Waals surface area contributed by atoms with Crippen molar-refractivity contribution in [1.82, 2.24) is 19.9 Å². The Bertz CT molecular complexity index is 378. The number of hydrogen-bond acceptors (Lipinski definition) is 7. The fourth-order valence-corrected chi connectivity index (χ4v) is 2.00. The van der Waals surface area contributed by atoms with Gasteiger partial charge in [0.25, 0.3) is 0 Å². The summed E-state index contributed by atoms with van der Waals surface area (Å²) in [6, 6.07) is 0.585. The summed E-state index contributed by atoms with van der Waals surface area (Å²) in [4.78, 5) is 14.8. The van der Waals surface area contributed by atoms with Gasteiger partial charge in [-0.2, -0.15) is 15.0 Å². The Morgan fingerprint density at radius 3 is 2.30 bits per heavy atom. The molecule has 114 valence electrons. The summed E-state index contributed by atoms with van der Waals surface area (Å²) in [6.07, 6.45) is 1.04. The first-order chi connectivity index (χ1) is 9.44. The van der Waals surface area contributed by atoms with Crippen LogP contribution in [0.1, 0.15) is 20.3 Å². The molecule has 1 aromatic heterocycles. The maximum absolute atomic E-state index is 5.09. The predicted octanol–water partition coefficient (Wildman–Crippen LogP) is 1.31. The molecule has 1 aromatic rings. The van der Waals surface area contributed by atoms with Crippen molar-refractivity contribution in [3.05, 3.63) is 0 Å². The Morgan fingerprint density at radius 1 is 1.15 bits per heavy atom. The molecule has 1 heterocycles. The monoisotopic (exact) mass is 282 g/mol. The Balaban J connectivity index is 2.85. The first kappa shape index (κ1) is 16.4. The minimum Gasteiger partial charge on any atom is -0.467 e. The van der Waals surface area contributed by atoms with Gasteiger partial charge in [0.05, 0.1) is 7.11 Å². The lowest BCUT2D eigenvalue weighted by Gasteiger charge is -2.24. The van der Waals surface area contributed by atoms with E-state index in [0.717, 1.165) is 13.0 Å². The average Bonchev–Trinajstić information content (AvgIpc) is 2.36. The van der Waals surface area contributed by atoms with Crippen molar-refractivity contribution in [2.24, 2.45) is 5.92 Å². The molecule has 20 heavy (non-hydrogen) atoms. The number of ether oxygens (including phenoxy) is 1. The third kappa shape index (κ3) is 5.56. The van der Waals surface area contributed by atoms with E-state index in [1.807, 2.05) is 0 Å². The van der Waals surface area contributed by atoms with Crippen molar-refractivity contribution in [2.75, 3.05) is 45.4 Å². The van der Waals surface area contributed by atoms with Gasteiger partial charge in [-0.15, -0.1) is 0 Å². The molecule has 0 saturated carbocycles. The van der Waals surface area contributed by atoms with Crippen LogP contribution in [0.2, 0.25) is 0 Å². The van der Waals surface area contributed by atoms with Gasteiger partial charge in [0.15, 0.2) is 0 Å². The summed E-state index contributed by atoms with van der Waals surface area (Å²) in [6.45, 7) is 5.33. The first-order valence-corrected chi connectivity index (χ1v) is 6.83. The molecule has 1 unspecified atom stereocenters. The molecular weight excluding hydrogens is 256 g/mol. The number of likely N-dealkylation sites (N-methyl/N-ethyl adjacent to an activating group) is 1. The highest BCUT2D eigenvalue weighted by molar-refractivity contribution is 5.36. The van der Waals surface area contributed by atoms with Gasteiger partial charge in [0, 0.05) is 19.6 Å². The summed E-state index contributed by atoms with van der Waals surface area (Å²) in [5.41, 5.74) is 0. The van der Waals surface area contributed by atoms with E-state index in [4.69, 9.17) is 4.74 Å². The van der Waals surface area contributed by atoms with Gasteiger partial charge < -0.3 is 20.3 Å². The van der Waals surface area contributed by atoms with E-state index >= 15 is 0 Å². The van der Waals surface area contributed by atoms with Gasteiger partial charge in [0.1, 0.15) is 0 Å². The lowest BCUT2D eigenvalue weighted by molar-refractivity contribution is 0.354. The predicted molar refractivity (Wildman–Crippen MR) is 81.3 cm³/mol. The minimum absolute atomic E-state index is 0.279. The van der Waals surface area contributed by atoms with Crippen molar-refractivity contribution < 1.29 is 4.74 Å². The fraction of sp³-hybridized carbons (Fsp3) is 0.769. The second kappa shape index (κ2) is 7.84. The molecule has 1 rings (SSSR count). The SMILES string of the molecule is CNc1nc(NC(CC(C)C)CN(C)C)nc(OC)n1. The van der Waals surface area contributed by atoms with E-state index < -0.39 is 0 Å². The standard InChI is InChI=1S/C13H26N6O/c1-9(2)7-10(8-19(4)5)15-12-16-11(14-3)17-13(18-12)20-6/h9-10H,7-8H2,1-6H3,(H2,14,15,16,17,18).